The number of fused-ring (bicyclic) bond motifs is 2. The monoisotopic (exact) mass is 429 g/mol. The molecule has 1 N–H and O–H groups in total. The number of amides is 1. The van der Waals surface area contributed by atoms with Crippen LogP contribution in [-0.2, 0) is 24.1 Å². The van der Waals surface area contributed by atoms with Gasteiger partial charge in [0.1, 0.15) is 0 Å². The fraction of sp³-hybridized carbons (Fsp3) is 0.346. The van der Waals surface area contributed by atoms with E-state index in [2.05, 4.69) is 36.1 Å². The van der Waals surface area contributed by atoms with Crippen LogP contribution in [0, 0.1) is 6.92 Å². The van der Waals surface area contributed by atoms with E-state index in [0.717, 1.165) is 41.9 Å². The van der Waals surface area contributed by atoms with Crippen molar-refractivity contribution in [2.45, 2.75) is 32.2 Å². The predicted molar refractivity (Wildman–Crippen MR) is 120 cm³/mol. The lowest BCUT2D eigenvalue weighted by molar-refractivity contribution is -0.905. The SMILES string of the molecule is Cc1ccc2c(c1)CCc1cccnc1[C@H]2N1CCN(C(=O)Cc2ccc[n+](O)c2)CC1. The Bertz CT molecular complexity index is 1140. The summed E-state index contributed by atoms with van der Waals surface area (Å²) in [5.74, 6) is 0.103. The molecule has 2 aromatic heterocycles. The second-order valence-electron chi connectivity index (χ2n) is 8.84. The lowest BCUT2D eigenvalue weighted by Crippen LogP contribution is -2.50. The van der Waals surface area contributed by atoms with Crippen molar-refractivity contribution in [3.63, 3.8) is 0 Å². The zero-order chi connectivity index (χ0) is 22.1. The zero-order valence-corrected chi connectivity index (χ0v) is 18.4. The third-order valence-electron chi connectivity index (χ3n) is 6.68. The van der Waals surface area contributed by atoms with E-state index in [9.17, 15) is 10.0 Å². The Labute approximate surface area is 188 Å². The maximum absolute atomic E-state index is 12.9. The Balaban J connectivity index is 1.36. The highest BCUT2D eigenvalue weighted by Crippen LogP contribution is 2.36. The van der Waals surface area contributed by atoms with Gasteiger partial charge in [-0.1, -0.05) is 29.8 Å². The molecule has 1 amide bonds. The minimum absolute atomic E-state index is 0.103. The molecule has 1 saturated heterocycles. The topological polar surface area (TPSA) is 60.6 Å². The number of nitrogens with zero attached hydrogens (tertiary/aromatic N) is 4. The van der Waals surface area contributed by atoms with E-state index in [-0.39, 0.29) is 11.9 Å². The molecule has 1 aliphatic heterocycles. The molecule has 3 aromatic rings. The summed E-state index contributed by atoms with van der Waals surface area (Å²) >= 11 is 0. The van der Waals surface area contributed by atoms with Gasteiger partial charge in [-0.2, -0.15) is 0 Å². The van der Waals surface area contributed by atoms with Crippen molar-refractivity contribution in [2.75, 3.05) is 26.2 Å². The highest BCUT2D eigenvalue weighted by molar-refractivity contribution is 5.78. The van der Waals surface area contributed by atoms with Gasteiger partial charge in [-0.15, -0.1) is 0 Å². The van der Waals surface area contributed by atoms with E-state index < -0.39 is 0 Å². The number of benzene rings is 1. The lowest BCUT2D eigenvalue weighted by atomic mass is 9.94. The Morgan fingerprint density at radius 1 is 1.09 bits per heavy atom. The van der Waals surface area contributed by atoms with Gasteiger partial charge in [0.15, 0.2) is 0 Å². The number of piperazine rings is 1. The van der Waals surface area contributed by atoms with Gasteiger partial charge in [-0.25, -0.2) is 0 Å². The van der Waals surface area contributed by atoms with Crippen LogP contribution in [0.5, 0.6) is 0 Å². The summed E-state index contributed by atoms with van der Waals surface area (Å²) in [7, 11) is 0. The Kier molecular flexibility index (Phi) is 5.62. The van der Waals surface area contributed by atoms with Gasteiger partial charge in [0.2, 0.25) is 18.3 Å². The fourth-order valence-electron chi connectivity index (χ4n) is 5.04. The highest BCUT2D eigenvalue weighted by atomic mass is 16.5. The second-order valence-corrected chi connectivity index (χ2v) is 8.84. The van der Waals surface area contributed by atoms with Crippen molar-refractivity contribution in [1.29, 1.82) is 0 Å². The highest BCUT2D eigenvalue weighted by Gasteiger charge is 2.33. The summed E-state index contributed by atoms with van der Waals surface area (Å²) in [5, 5.41) is 9.59. The van der Waals surface area contributed by atoms with Crippen LogP contribution < -0.4 is 4.73 Å². The molecule has 5 rings (SSSR count). The van der Waals surface area contributed by atoms with Crippen LogP contribution >= 0.6 is 0 Å². The molecule has 0 radical (unpaired) electrons. The van der Waals surface area contributed by atoms with Crippen LogP contribution in [0.3, 0.4) is 0 Å². The average molecular weight is 430 g/mol. The Morgan fingerprint density at radius 2 is 1.91 bits per heavy atom. The summed E-state index contributed by atoms with van der Waals surface area (Å²) in [6, 6.07) is 14.8. The minimum Gasteiger partial charge on any atom is -0.340 e. The summed E-state index contributed by atoms with van der Waals surface area (Å²) in [5.41, 5.74) is 7.35. The van der Waals surface area contributed by atoms with Crippen molar-refractivity contribution >= 4 is 5.91 Å². The molecule has 1 aliphatic carbocycles. The van der Waals surface area contributed by atoms with Crippen LogP contribution in [0.1, 0.15) is 39.6 Å². The number of hydrogen-bond donors (Lipinski definition) is 1. The number of hydrogen-bond acceptors (Lipinski definition) is 4. The number of carbonyl (C=O) groups excluding carboxylic acids is 1. The average Bonchev–Trinajstić information content (AvgIpc) is 2.96. The summed E-state index contributed by atoms with van der Waals surface area (Å²) in [6.07, 6.45) is 7.38. The molecule has 6 heteroatoms. The standard InChI is InChI=1S/C26H29N4O2/c1-19-6-9-23-22(16-19)8-7-21-5-2-10-27-25(21)26(23)29-14-12-28(13-15-29)24(31)17-20-4-3-11-30(32)18-20/h2-6,9-11,16,18,26,32H,7-8,12-15,17H2,1H3/q+1/t26-/m0/s1. The van der Waals surface area contributed by atoms with Crippen LogP contribution in [0.15, 0.2) is 61.1 Å². The van der Waals surface area contributed by atoms with E-state index in [1.54, 1.807) is 18.5 Å². The van der Waals surface area contributed by atoms with Crippen LogP contribution in [0.25, 0.3) is 0 Å². The van der Waals surface area contributed by atoms with Gasteiger partial charge in [-0.3, -0.25) is 19.9 Å². The number of pyridine rings is 2. The smallest absolute Gasteiger partial charge is 0.227 e. The molecule has 1 fully saturated rings. The summed E-state index contributed by atoms with van der Waals surface area (Å²) in [6.45, 7) is 5.18. The maximum Gasteiger partial charge on any atom is 0.227 e. The van der Waals surface area contributed by atoms with Gasteiger partial charge >= 0.3 is 0 Å². The molecule has 0 spiro atoms. The molecule has 6 nitrogen and oxygen atoms in total. The van der Waals surface area contributed by atoms with Gasteiger partial charge in [0, 0.05) is 48.7 Å². The normalized spacial score (nSPS) is 18.5. The first kappa shape index (κ1) is 20.6. The minimum atomic E-state index is 0.103. The Hall–Kier alpha value is -3.25. The molecule has 3 heterocycles. The number of aromatic nitrogens is 2. The third-order valence-corrected chi connectivity index (χ3v) is 6.68. The first-order valence-corrected chi connectivity index (χ1v) is 11.3. The van der Waals surface area contributed by atoms with Gasteiger partial charge in [0.05, 0.1) is 18.2 Å². The maximum atomic E-state index is 12.9. The van der Waals surface area contributed by atoms with E-state index in [0.29, 0.717) is 19.5 Å². The first-order valence-electron chi connectivity index (χ1n) is 11.3. The van der Waals surface area contributed by atoms with E-state index in [1.807, 2.05) is 23.2 Å². The number of carbonyl (C=O) groups is 1. The fourth-order valence-corrected chi connectivity index (χ4v) is 5.04. The lowest BCUT2D eigenvalue weighted by Gasteiger charge is -2.39. The third kappa shape index (κ3) is 4.10. The second kappa shape index (κ2) is 8.71. The van der Waals surface area contributed by atoms with Gasteiger partial charge in [-0.05, 0) is 48.6 Å². The van der Waals surface area contributed by atoms with Crippen molar-refractivity contribution < 1.29 is 14.7 Å². The zero-order valence-electron chi connectivity index (χ0n) is 18.4. The van der Waals surface area contributed by atoms with Crippen molar-refractivity contribution in [2.24, 2.45) is 0 Å². The molecule has 164 valence electrons. The number of aryl methyl sites for hydroxylation is 3. The van der Waals surface area contributed by atoms with Gasteiger partial charge in [0.25, 0.3) is 0 Å². The molecule has 0 unspecified atom stereocenters. The summed E-state index contributed by atoms with van der Waals surface area (Å²) in [4.78, 5) is 22.1. The van der Waals surface area contributed by atoms with Crippen LogP contribution in [-0.4, -0.2) is 52.1 Å². The predicted octanol–water partition coefficient (Wildman–Crippen LogP) is 2.49. The quantitative estimate of drug-likeness (QED) is 0.513. The molecule has 1 atom stereocenters. The molecule has 2 aliphatic rings. The first-order chi connectivity index (χ1) is 15.6. The van der Waals surface area contributed by atoms with E-state index in [1.165, 1.54) is 22.3 Å². The largest absolute Gasteiger partial charge is 0.340 e. The number of rotatable bonds is 3. The van der Waals surface area contributed by atoms with Crippen LogP contribution in [0.4, 0.5) is 0 Å². The van der Waals surface area contributed by atoms with Gasteiger partial charge < -0.3 is 4.90 Å². The molecular formula is C26H29N4O2+. The van der Waals surface area contributed by atoms with Crippen molar-refractivity contribution in [1.82, 2.24) is 14.8 Å². The molecule has 0 saturated carbocycles. The summed E-state index contributed by atoms with van der Waals surface area (Å²) < 4.78 is 0.996. The van der Waals surface area contributed by atoms with E-state index >= 15 is 0 Å². The molecule has 32 heavy (non-hydrogen) atoms. The Morgan fingerprint density at radius 3 is 2.72 bits per heavy atom. The van der Waals surface area contributed by atoms with Crippen LogP contribution in [0.2, 0.25) is 0 Å². The molecule has 0 bridgehead atoms. The van der Waals surface area contributed by atoms with E-state index in [4.69, 9.17) is 4.98 Å². The molecule has 1 aromatic carbocycles. The van der Waals surface area contributed by atoms with Crippen molar-refractivity contribution in [3.05, 3.63) is 94.6 Å². The van der Waals surface area contributed by atoms with Crippen molar-refractivity contribution in [3.8, 4) is 0 Å². The molecular weight excluding hydrogens is 400 g/mol.